The summed E-state index contributed by atoms with van der Waals surface area (Å²) >= 11 is 1.19. The van der Waals surface area contributed by atoms with Crippen LogP contribution in [0.2, 0.25) is 0 Å². The SMILES string of the molecule is CCOC(=O)c1c(NCC2CCOC2C)sc(C#N)c1N. The highest BCUT2D eigenvalue weighted by molar-refractivity contribution is 7.17. The highest BCUT2D eigenvalue weighted by Gasteiger charge is 2.27. The number of hydrogen-bond donors (Lipinski definition) is 2. The fourth-order valence-electron chi connectivity index (χ4n) is 2.33. The Kier molecular flexibility index (Phi) is 5.04. The number of ether oxygens (including phenoxy) is 2. The van der Waals surface area contributed by atoms with Crippen LogP contribution in [-0.4, -0.2) is 31.8 Å². The molecule has 2 heterocycles. The van der Waals surface area contributed by atoms with E-state index in [0.29, 0.717) is 22.3 Å². The van der Waals surface area contributed by atoms with Gasteiger partial charge in [-0.15, -0.1) is 11.3 Å². The molecule has 2 unspecified atom stereocenters. The van der Waals surface area contributed by atoms with Crippen molar-refractivity contribution in [1.29, 1.82) is 5.26 Å². The number of nitrogen functional groups attached to an aromatic ring is 1. The predicted molar refractivity (Wildman–Crippen MR) is 81.4 cm³/mol. The van der Waals surface area contributed by atoms with Crippen LogP contribution in [-0.2, 0) is 9.47 Å². The molecule has 0 radical (unpaired) electrons. The average molecular weight is 309 g/mol. The molecule has 2 rings (SSSR count). The van der Waals surface area contributed by atoms with Crippen molar-refractivity contribution in [2.45, 2.75) is 26.4 Å². The summed E-state index contributed by atoms with van der Waals surface area (Å²) < 4.78 is 10.5. The molecule has 6 nitrogen and oxygen atoms in total. The van der Waals surface area contributed by atoms with Crippen LogP contribution >= 0.6 is 11.3 Å². The highest BCUT2D eigenvalue weighted by Crippen LogP contribution is 2.36. The van der Waals surface area contributed by atoms with E-state index in [9.17, 15) is 4.79 Å². The lowest BCUT2D eigenvalue weighted by molar-refractivity contribution is 0.0529. The maximum atomic E-state index is 12.0. The number of carbonyl (C=O) groups excluding carboxylic acids is 1. The van der Waals surface area contributed by atoms with Crippen molar-refractivity contribution in [1.82, 2.24) is 0 Å². The summed E-state index contributed by atoms with van der Waals surface area (Å²) in [5.74, 6) is -0.111. The second-order valence-corrected chi connectivity index (χ2v) is 5.91. The van der Waals surface area contributed by atoms with E-state index in [1.807, 2.05) is 13.0 Å². The Balaban J connectivity index is 2.17. The molecule has 2 atom stereocenters. The second-order valence-electron chi connectivity index (χ2n) is 4.89. The van der Waals surface area contributed by atoms with Crippen LogP contribution in [0, 0.1) is 17.2 Å². The van der Waals surface area contributed by atoms with Gasteiger partial charge in [0.15, 0.2) is 0 Å². The molecule has 1 aliphatic rings. The molecule has 1 saturated heterocycles. The zero-order valence-corrected chi connectivity index (χ0v) is 13.0. The van der Waals surface area contributed by atoms with Crippen molar-refractivity contribution in [2.75, 3.05) is 30.8 Å². The fourth-order valence-corrected chi connectivity index (χ4v) is 3.24. The maximum absolute atomic E-state index is 12.0. The van der Waals surface area contributed by atoms with Crippen molar-refractivity contribution < 1.29 is 14.3 Å². The van der Waals surface area contributed by atoms with Gasteiger partial charge in [-0.3, -0.25) is 0 Å². The van der Waals surface area contributed by atoms with Gasteiger partial charge < -0.3 is 20.5 Å². The van der Waals surface area contributed by atoms with E-state index in [0.717, 1.165) is 13.0 Å². The van der Waals surface area contributed by atoms with Crippen LogP contribution in [0.1, 0.15) is 35.5 Å². The fraction of sp³-hybridized carbons (Fsp3) is 0.571. The smallest absolute Gasteiger partial charge is 0.343 e. The molecule has 0 aliphatic carbocycles. The standard InChI is InChI=1S/C14H19N3O3S/c1-3-19-14(18)11-12(16)10(6-15)21-13(11)17-7-9-4-5-20-8(9)2/h8-9,17H,3-5,7,16H2,1-2H3. The third-order valence-corrected chi connectivity index (χ3v) is 4.65. The quantitative estimate of drug-likeness (QED) is 0.809. The Morgan fingerprint density at radius 3 is 3.00 bits per heavy atom. The number of nitrogens with one attached hydrogen (secondary N) is 1. The molecule has 0 amide bonds. The van der Waals surface area contributed by atoms with Gasteiger partial charge >= 0.3 is 5.97 Å². The minimum absolute atomic E-state index is 0.191. The maximum Gasteiger partial charge on any atom is 0.343 e. The summed E-state index contributed by atoms with van der Waals surface area (Å²) in [5.41, 5.74) is 6.34. The Morgan fingerprint density at radius 2 is 2.43 bits per heavy atom. The lowest BCUT2D eigenvalue weighted by atomic mass is 10.0. The lowest BCUT2D eigenvalue weighted by Crippen LogP contribution is -2.21. The average Bonchev–Trinajstić information content (AvgIpc) is 3.00. The van der Waals surface area contributed by atoms with Crippen LogP contribution in [0.5, 0.6) is 0 Å². The zero-order chi connectivity index (χ0) is 15.4. The van der Waals surface area contributed by atoms with Gasteiger partial charge in [0.1, 0.15) is 21.5 Å². The van der Waals surface area contributed by atoms with Crippen LogP contribution in [0.25, 0.3) is 0 Å². The van der Waals surface area contributed by atoms with Crippen molar-refractivity contribution in [3.05, 3.63) is 10.4 Å². The van der Waals surface area contributed by atoms with Gasteiger partial charge in [-0.25, -0.2) is 4.79 Å². The first-order valence-electron chi connectivity index (χ1n) is 6.93. The number of esters is 1. The molecule has 1 fully saturated rings. The first-order valence-corrected chi connectivity index (χ1v) is 7.75. The van der Waals surface area contributed by atoms with E-state index in [1.165, 1.54) is 11.3 Å². The number of thiophene rings is 1. The topological polar surface area (TPSA) is 97.4 Å². The Bertz CT molecular complexity index is 565. The first-order chi connectivity index (χ1) is 10.1. The van der Waals surface area contributed by atoms with Crippen molar-refractivity contribution in [3.8, 4) is 6.07 Å². The molecular formula is C14H19N3O3S. The number of rotatable bonds is 5. The molecule has 1 aliphatic heterocycles. The molecule has 1 aromatic rings. The summed E-state index contributed by atoms with van der Waals surface area (Å²) in [6, 6.07) is 2.01. The van der Waals surface area contributed by atoms with Crippen molar-refractivity contribution in [2.24, 2.45) is 5.92 Å². The van der Waals surface area contributed by atoms with Crippen LogP contribution in [0.4, 0.5) is 10.7 Å². The number of nitrogens with zero attached hydrogens (tertiary/aromatic N) is 1. The molecule has 1 aromatic heterocycles. The van der Waals surface area contributed by atoms with Gasteiger partial charge in [0, 0.05) is 19.1 Å². The largest absolute Gasteiger partial charge is 0.462 e. The third-order valence-electron chi connectivity index (χ3n) is 3.58. The number of anilines is 2. The summed E-state index contributed by atoms with van der Waals surface area (Å²) in [5, 5.41) is 12.9. The molecule has 0 bridgehead atoms. The number of nitrogens with two attached hydrogens (primary N) is 1. The van der Waals surface area contributed by atoms with E-state index in [4.69, 9.17) is 20.5 Å². The van der Waals surface area contributed by atoms with Crippen LogP contribution in [0.15, 0.2) is 0 Å². The van der Waals surface area contributed by atoms with E-state index < -0.39 is 5.97 Å². The van der Waals surface area contributed by atoms with Gasteiger partial charge in [0.25, 0.3) is 0 Å². The Hall–Kier alpha value is -1.78. The molecule has 0 spiro atoms. The zero-order valence-electron chi connectivity index (χ0n) is 12.1. The van der Waals surface area contributed by atoms with Crippen LogP contribution < -0.4 is 11.1 Å². The van der Waals surface area contributed by atoms with E-state index in [1.54, 1.807) is 6.92 Å². The van der Waals surface area contributed by atoms with E-state index in [-0.39, 0.29) is 24.0 Å². The second kappa shape index (κ2) is 6.78. The van der Waals surface area contributed by atoms with Crippen molar-refractivity contribution >= 4 is 28.0 Å². The number of hydrogen-bond acceptors (Lipinski definition) is 7. The monoisotopic (exact) mass is 309 g/mol. The summed E-state index contributed by atoms with van der Waals surface area (Å²) in [4.78, 5) is 12.3. The van der Waals surface area contributed by atoms with Gasteiger partial charge in [-0.2, -0.15) is 5.26 Å². The van der Waals surface area contributed by atoms with Gasteiger partial charge in [-0.05, 0) is 20.3 Å². The lowest BCUT2D eigenvalue weighted by Gasteiger charge is -2.15. The molecule has 114 valence electrons. The molecule has 0 saturated carbocycles. The van der Waals surface area contributed by atoms with Gasteiger partial charge in [0.2, 0.25) is 0 Å². The normalized spacial score (nSPS) is 21.0. The predicted octanol–water partition coefficient (Wildman–Crippen LogP) is 2.22. The molecular weight excluding hydrogens is 290 g/mol. The molecule has 3 N–H and O–H groups in total. The van der Waals surface area contributed by atoms with E-state index >= 15 is 0 Å². The minimum atomic E-state index is -0.494. The van der Waals surface area contributed by atoms with Crippen LogP contribution in [0.3, 0.4) is 0 Å². The minimum Gasteiger partial charge on any atom is -0.462 e. The molecule has 7 heteroatoms. The summed E-state index contributed by atoms with van der Waals surface area (Å²) in [6.07, 6.45) is 1.17. The number of nitriles is 1. The molecule has 0 aromatic carbocycles. The summed E-state index contributed by atoms with van der Waals surface area (Å²) in [7, 11) is 0. The van der Waals surface area contributed by atoms with Crippen molar-refractivity contribution in [3.63, 3.8) is 0 Å². The third kappa shape index (κ3) is 3.28. The summed E-state index contributed by atoms with van der Waals surface area (Å²) in [6.45, 7) is 5.47. The Morgan fingerprint density at radius 1 is 1.67 bits per heavy atom. The highest BCUT2D eigenvalue weighted by atomic mass is 32.1. The van der Waals surface area contributed by atoms with E-state index in [2.05, 4.69) is 5.32 Å². The molecule has 21 heavy (non-hydrogen) atoms. The Labute approximate surface area is 127 Å². The van der Waals surface area contributed by atoms with Gasteiger partial charge in [0.05, 0.1) is 18.4 Å². The number of carbonyl (C=O) groups is 1. The van der Waals surface area contributed by atoms with Gasteiger partial charge in [-0.1, -0.05) is 0 Å². The first kappa shape index (κ1) is 15.6.